The zero-order valence-corrected chi connectivity index (χ0v) is 16.2. The third-order valence-electron chi connectivity index (χ3n) is 4.56. The number of fused-ring (bicyclic) bond motifs is 1. The molecule has 4 rings (SSSR count). The van der Waals surface area contributed by atoms with Gasteiger partial charge in [-0.25, -0.2) is 4.98 Å². The first-order valence-electron chi connectivity index (χ1n) is 9.02. The molecule has 0 atom stereocenters. The lowest BCUT2D eigenvalue weighted by Crippen LogP contribution is -2.27. The summed E-state index contributed by atoms with van der Waals surface area (Å²) in [6.45, 7) is 2.49. The second kappa shape index (κ2) is 7.78. The molecule has 2 N–H and O–H groups in total. The van der Waals surface area contributed by atoms with Crippen molar-refractivity contribution in [1.82, 2.24) is 15.3 Å². The number of H-pyrrole nitrogens is 1. The molecule has 0 aliphatic carbocycles. The molecule has 140 valence electrons. The number of carbonyl (C=O) groups excluding carboxylic acids is 1. The van der Waals surface area contributed by atoms with E-state index in [-0.39, 0.29) is 11.5 Å². The van der Waals surface area contributed by atoms with Gasteiger partial charge in [0.25, 0.3) is 5.91 Å². The van der Waals surface area contributed by atoms with Crippen molar-refractivity contribution in [1.29, 1.82) is 0 Å². The fraction of sp³-hybridized carbons (Fsp3) is 0.136. The lowest BCUT2D eigenvalue weighted by atomic mass is 10.1. The molecule has 0 unspecified atom stereocenters. The van der Waals surface area contributed by atoms with Crippen molar-refractivity contribution in [3.05, 3.63) is 86.5 Å². The van der Waals surface area contributed by atoms with Crippen LogP contribution in [0.4, 0.5) is 0 Å². The van der Waals surface area contributed by atoms with Crippen molar-refractivity contribution < 1.29 is 4.79 Å². The van der Waals surface area contributed by atoms with E-state index in [4.69, 9.17) is 0 Å². The third kappa shape index (κ3) is 3.87. The summed E-state index contributed by atoms with van der Waals surface area (Å²) in [7, 11) is 0. The lowest BCUT2D eigenvalue weighted by molar-refractivity contribution is 0.0955. The molecule has 2 aromatic heterocycles. The molecule has 0 aliphatic heterocycles. The number of benzene rings is 2. The topological polar surface area (TPSA) is 74.8 Å². The maximum atomic E-state index is 12.6. The van der Waals surface area contributed by atoms with Crippen LogP contribution < -0.4 is 10.9 Å². The average molecular weight is 389 g/mol. The van der Waals surface area contributed by atoms with Crippen LogP contribution in [0, 0.1) is 6.92 Å². The predicted octanol–water partition coefficient (Wildman–Crippen LogP) is 3.93. The second-order valence-electron chi connectivity index (χ2n) is 6.55. The van der Waals surface area contributed by atoms with Crippen molar-refractivity contribution in [3.8, 4) is 11.3 Å². The third-order valence-corrected chi connectivity index (χ3v) is 5.34. The normalized spacial score (nSPS) is 10.9. The monoisotopic (exact) mass is 389 g/mol. The highest BCUT2D eigenvalue weighted by molar-refractivity contribution is 7.09. The molecule has 5 nitrogen and oxygen atoms in total. The van der Waals surface area contributed by atoms with Gasteiger partial charge in [0.15, 0.2) is 0 Å². The highest BCUT2D eigenvalue weighted by atomic mass is 32.1. The Morgan fingerprint density at radius 1 is 1.14 bits per heavy atom. The van der Waals surface area contributed by atoms with Crippen molar-refractivity contribution in [2.75, 3.05) is 6.54 Å². The Bertz CT molecular complexity index is 1190. The predicted molar refractivity (Wildman–Crippen MR) is 113 cm³/mol. The maximum absolute atomic E-state index is 12.6. The summed E-state index contributed by atoms with van der Waals surface area (Å²) in [5.74, 6) is -0.239. The molecule has 0 bridgehead atoms. The van der Waals surface area contributed by atoms with E-state index in [1.165, 1.54) is 6.07 Å². The SMILES string of the molecule is Cc1nc(-c2ccc(CCNC(=O)c3cc(=O)[nH]c4ccccc34)cc2)cs1. The van der Waals surface area contributed by atoms with Crippen LogP contribution in [-0.4, -0.2) is 22.4 Å². The van der Waals surface area contributed by atoms with Gasteiger partial charge in [0.1, 0.15) is 0 Å². The van der Waals surface area contributed by atoms with Crippen LogP contribution in [0.5, 0.6) is 0 Å². The number of amides is 1. The Balaban J connectivity index is 1.41. The van der Waals surface area contributed by atoms with E-state index in [1.54, 1.807) is 17.4 Å². The van der Waals surface area contributed by atoms with Crippen LogP contribution in [0.2, 0.25) is 0 Å². The van der Waals surface area contributed by atoms with E-state index in [2.05, 4.69) is 44.9 Å². The van der Waals surface area contributed by atoms with Gasteiger partial charge >= 0.3 is 0 Å². The molecular formula is C22H19N3O2S. The Kier molecular flexibility index (Phi) is 5.04. The van der Waals surface area contributed by atoms with Gasteiger partial charge in [0.2, 0.25) is 5.56 Å². The lowest BCUT2D eigenvalue weighted by Gasteiger charge is -2.08. The minimum atomic E-state index is -0.281. The van der Waals surface area contributed by atoms with E-state index in [0.717, 1.165) is 27.2 Å². The summed E-state index contributed by atoms with van der Waals surface area (Å²) >= 11 is 1.64. The minimum absolute atomic E-state index is 0.239. The van der Waals surface area contributed by atoms with E-state index in [9.17, 15) is 9.59 Å². The molecule has 28 heavy (non-hydrogen) atoms. The van der Waals surface area contributed by atoms with Crippen molar-refractivity contribution in [2.45, 2.75) is 13.3 Å². The molecule has 0 aliphatic rings. The Morgan fingerprint density at radius 3 is 2.68 bits per heavy atom. The molecular weight excluding hydrogens is 370 g/mol. The summed E-state index contributed by atoms with van der Waals surface area (Å²) < 4.78 is 0. The van der Waals surface area contributed by atoms with Gasteiger partial charge < -0.3 is 10.3 Å². The highest BCUT2D eigenvalue weighted by Crippen LogP contribution is 2.22. The average Bonchev–Trinajstić information content (AvgIpc) is 3.14. The van der Waals surface area contributed by atoms with E-state index >= 15 is 0 Å². The molecule has 4 aromatic rings. The molecule has 0 saturated heterocycles. The smallest absolute Gasteiger partial charge is 0.252 e. The molecule has 6 heteroatoms. The van der Waals surface area contributed by atoms with E-state index in [1.807, 2.05) is 25.1 Å². The number of hydrogen-bond acceptors (Lipinski definition) is 4. The molecule has 2 heterocycles. The second-order valence-corrected chi connectivity index (χ2v) is 7.61. The molecule has 0 spiro atoms. The number of pyridine rings is 1. The molecule has 0 radical (unpaired) electrons. The molecule has 0 fully saturated rings. The van der Waals surface area contributed by atoms with Gasteiger partial charge in [0.05, 0.1) is 16.3 Å². The van der Waals surface area contributed by atoms with Gasteiger partial charge in [-0.05, 0) is 25.0 Å². The number of hydrogen-bond donors (Lipinski definition) is 2. The van der Waals surface area contributed by atoms with Gasteiger partial charge in [-0.3, -0.25) is 9.59 Å². The first-order chi connectivity index (χ1) is 13.6. The standard InChI is InChI=1S/C22H19N3O2S/c1-14-24-20(13-28-14)16-8-6-15(7-9-16)10-11-23-22(27)18-12-21(26)25-19-5-3-2-4-17(18)19/h2-9,12-13H,10-11H2,1H3,(H,23,27)(H,25,26). The van der Waals surface area contributed by atoms with Crippen molar-refractivity contribution in [2.24, 2.45) is 0 Å². The summed E-state index contributed by atoms with van der Waals surface area (Å²) in [5, 5.41) is 6.75. The largest absolute Gasteiger partial charge is 0.352 e. The molecule has 0 saturated carbocycles. The zero-order chi connectivity index (χ0) is 19.5. The van der Waals surface area contributed by atoms with Crippen molar-refractivity contribution >= 4 is 28.1 Å². The number of nitrogens with one attached hydrogen (secondary N) is 2. The number of aromatic nitrogens is 2. The zero-order valence-electron chi connectivity index (χ0n) is 15.4. The van der Waals surface area contributed by atoms with Gasteiger partial charge in [-0.1, -0.05) is 42.5 Å². The summed E-state index contributed by atoms with van der Waals surface area (Å²) in [4.78, 5) is 31.6. The van der Waals surface area contributed by atoms with Gasteiger partial charge in [-0.15, -0.1) is 11.3 Å². The number of nitrogens with zero attached hydrogens (tertiary/aromatic N) is 1. The number of thiazole rings is 1. The van der Waals surface area contributed by atoms with Gasteiger partial charge in [0, 0.05) is 34.5 Å². The van der Waals surface area contributed by atoms with Gasteiger partial charge in [-0.2, -0.15) is 0 Å². The van der Waals surface area contributed by atoms with Crippen LogP contribution in [0.25, 0.3) is 22.2 Å². The number of aryl methyl sites for hydroxylation is 1. The first kappa shape index (κ1) is 18.1. The summed E-state index contributed by atoms with van der Waals surface area (Å²) in [6.07, 6.45) is 0.712. The highest BCUT2D eigenvalue weighted by Gasteiger charge is 2.11. The van der Waals surface area contributed by atoms with Crippen LogP contribution in [-0.2, 0) is 6.42 Å². The minimum Gasteiger partial charge on any atom is -0.352 e. The molecule has 2 aromatic carbocycles. The van der Waals surface area contributed by atoms with Crippen LogP contribution in [0.3, 0.4) is 0 Å². The maximum Gasteiger partial charge on any atom is 0.252 e. The molecule has 1 amide bonds. The van der Waals surface area contributed by atoms with E-state index in [0.29, 0.717) is 24.0 Å². The first-order valence-corrected chi connectivity index (χ1v) is 9.90. The fourth-order valence-electron chi connectivity index (χ4n) is 3.15. The Hall–Kier alpha value is -3.25. The van der Waals surface area contributed by atoms with Crippen LogP contribution in [0.15, 0.2) is 64.8 Å². The number of para-hydroxylation sites is 1. The summed E-state index contributed by atoms with van der Waals surface area (Å²) in [5.41, 5.74) is 3.99. The Morgan fingerprint density at radius 2 is 1.93 bits per heavy atom. The van der Waals surface area contributed by atoms with Crippen LogP contribution >= 0.6 is 11.3 Å². The Labute approximate surface area is 166 Å². The fourth-order valence-corrected chi connectivity index (χ4v) is 3.77. The summed E-state index contributed by atoms with van der Waals surface area (Å²) in [6, 6.07) is 16.9. The van der Waals surface area contributed by atoms with Crippen molar-refractivity contribution in [3.63, 3.8) is 0 Å². The van der Waals surface area contributed by atoms with Crippen LogP contribution in [0.1, 0.15) is 20.9 Å². The van der Waals surface area contributed by atoms with E-state index < -0.39 is 0 Å². The number of carbonyl (C=O) groups is 1. The number of aromatic amines is 1. The quantitative estimate of drug-likeness (QED) is 0.543. The number of rotatable bonds is 5.